The molecule has 0 saturated carbocycles. The second-order valence-corrected chi connectivity index (χ2v) is 6.15. The molecule has 1 saturated heterocycles. The van der Waals surface area contributed by atoms with E-state index in [2.05, 4.69) is 21.4 Å². The van der Waals surface area contributed by atoms with Gasteiger partial charge in [0.2, 0.25) is 6.79 Å². The second kappa shape index (κ2) is 5.68. The molecule has 0 aliphatic carbocycles. The lowest BCUT2D eigenvalue weighted by molar-refractivity contribution is -0.117. The Morgan fingerprint density at radius 1 is 1.08 bits per heavy atom. The molecule has 2 aliphatic rings. The van der Waals surface area contributed by atoms with E-state index in [1.165, 1.54) is 11.1 Å². The van der Waals surface area contributed by atoms with Gasteiger partial charge in [-0.2, -0.15) is 0 Å². The monoisotopic (exact) mass is 386 g/mol. The summed E-state index contributed by atoms with van der Waals surface area (Å²) in [5.41, 5.74) is 3.90. The number of anilines is 1. The highest BCUT2D eigenvalue weighted by Crippen LogP contribution is 2.33. The molecule has 0 spiro atoms. The number of hydrogen-bond acceptors (Lipinski definition) is 4. The van der Waals surface area contributed by atoms with E-state index < -0.39 is 11.8 Å². The average Bonchev–Trinajstić information content (AvgIpc) is 3.14. The number of carbonyl (C=O) groups is 2. The fourth-order valence-electron chi connectivity index (χ4n) is 2.52. The number of halogens is 1. The Kier molecular flexibility index (Phi) is 3.50. The SMILES string of the molecule is O=C1NN(c2cccc(Br)c2)C(=O)/C1=C\c1ccc2c(c1)OCO2. The third-order valence-electron chi connectivity index (χ3n) is 3.67. The molecule has 6 nitrogen and oxygen atoms in total. The molecule has 120 valence electrons. The zero-order chi connectivity index (χ0) is 16.7. The molecule has 2 aliphatic heterocycles. The largest absolute Gasteiger partial charge is 0.454 e. The summed E-state index contributed by atoms with van der Waals surface area (Å²) in [6.45, 7) is 0.172. The van der Waals surface area contributed by atoms with Crippen molar-refractivity contribution in [2.45, 2.75) is 0 Å². The summed E-state index contributed by atoms with van der Waals surface area (Å²) in [4.78, 5) is 24.8. The highest BCUT2D eigenvalue weighted by molar-refractivity contribution is 9.10. The summed E-state index contributed by atoms with van der Waals surface area (Å²) < 4.78 is 11.4. The fourth-order valence-corrected chi connectivity index (χ4v) is 2.91. The number of benzene rings is 2. The number of hydrogen-bond donors (Lipinski definition) is 1. The molecule has 7 heteroatoms. The number of fused-ring (bicyclic) bond motifs is 1. The molecule has 1 fully saturated rings. The number of hydrazine groups is 1. The van der Waals surface area contributed by atoms with Crippen LogP contribution in [0.3, 0.4) is 0 Å². The van der Waals surface area contributed by atoms with Gasteiger partial charge in [-0.25, -0.2) is 5.01 Å². The van der Waals surface area contributed by atoms with Crippen LogP contribution in [0.5, 0.6) is 11.5 Å². The first kappa shape index (κ1) is 14.8. The van der Waals surface area contributed by atoms with Crippen molar-refractivity contribution in [1.82, 2.24) is 5.43 Å². The number of nitrogens with one attached hydrogen (secondary N) is 1. The van der Waals surface area contributed by atoms with Crippen LogP contribution >= 0.6 is 15.9 Å². The third-order valence-corrected chi connectivity index (χ3v) is 4.16. The maximum Gasteiger partial charge on any atom is 0.282 e. The van der Waals surface area contributed by atoms with Crippen LogP contribution < -0.4 is 19.9 Å². The summed E-state index contributed by atoms with van der Waals surface area (Å²) in [5.74, 6) is 0.391. The third kappa shape index (κ3) is 2.52. The molecule has 0 unspecified atom stereocenters. The van der Waals surface area contributed by atoms with Gasteiger partial charge in [0.15, 0.2) is 11.5 Å². The lowest BCUT2D eigenvalue weighted by atomic mass is 10.1. The zero-order valence-corrected chi connectivity index (χ0v) is 13.9. The molecule has 2 aromatic rings. The maximum atomic E-state index is 12.6. The zero-order valence-electron chi connectivity index (χ0n) is 12.3. The van der Waals surface area contributed by atoms with Crippen molar-refractivity contribution < 1.29 is 19.1 Å². The first-order valence-corrected chi connectivity index (χ1v) is 7.93. The van der Waals surface area contributed by atoms with Crippen LogP contribution in [0.15, 0.2) is 52.5 Å². The minimum Gasteiger partial charge on any atom is -0.454 e. The first-order chi connectivity index (χ1) is 11.6. The minimum atomic E-state index is -0.447. The Morgan fingerprint density at radius 3 is 2.75 bits per heavy atom. The van der Waals surface area contributed by atoms with E-state index in [1.807, 2.05) is 6.07 Å². The van der Waals surface area contributed by atoms with E-state index in [9.17, 15) is 9.59 Å². The minimum absolute atomic E-state index is 0.0637. The normalized spacial score (nSPS) is 17.5. The smallest absolute Gasteiger partial charge is 0.282 e. The van der Waals surface area contributed by atoms with Crippen molar-refractivity contribution in [3.63, 3.8) is 0 Å². The molecule has 24 heavy (non-hydrogen) atoms. The Balaban J connectivity index is 1.66. The second-order valence-electron chi connectivity index (χ2n) is 5.23. The number of amides is 2. The molecular formula is C17H11BrN2O4. The van der Waals surface area contributed by atoms with Crippen molar-refractivity contribution in [2.75, 3.05) is 11.8 Å². The van der Waals surface area contributed by atoms with Gasteiger partial charge in [-0.3, -0.25) is 15.0 Å². The Bertz CT molecular complexity index is 894. The van der Waals surface area contributed by atoms with E-state index in [4.69, 9.17) is 9.47 Å². The number of ether oxygens (including phenoxy) is 2. The van der Waals surface area contributed by atoms with E-state index in [1.54, 1.807) is 36.4 Å². The van der Waals surface area contributed by atoms with Gasteiger partial charge in [0, 0.05) is 4.47 Å². The molecule has 0 bridgehead atoms. The molecule has 0 aromatic heterocycles. The highest BCUT2D eigenvalue weighted by Gasteiger charge is 2.34. The van der Waals surface area contributed by atoms with Gasteiger partial charge >= 0.3 is 0 Å². The van der Waals surface area contributed by atoms with Crippen LogP contribution in [0.4, 0.5) is 5.69 Å². The van der Waals surface area contributed by atoms with Gasteiger partial charge in [-0.1, -0.05) is 28.1 Å². The van der Waals surface area contributed by atoms with Crippen LogP contribution in [-0.4, -0.2) is 18.6 Å². The topological polar surface area (TPSA) is 67.9 Å². The Labute approximate surface area is 145 Å². The van der Waals surface area contributed by atoms with Gasteiger partial charge in [0.1, 0.15) is 5.57 Å². The molecule has 2 heterocycles. The van der Waals surface area contributed by atoms with Crippen molar-refractivity contribution >= 4 is 39.5 Å². The number of nitrogens with zero attached hydrogens (tertiary/aromatic N) is 1. The van der Waals surface area contributed by atoms with Gasteiger partial charge in [0.05, 0.1) is 5.69 Å². The highest BCUT2D eigenvalue weighted by atomic mass is 79.9. The number of carbonyl (C=O) groups excluding carboxylic acids is 2. The van der Waals surface area contributed by atoms with E-state index in [0.717, 1.165) is 4.47 Å². The predicted molar refractivity (Wildman–Crippen MR) is 90.3 cm³/mol. The summed E-state index contributed by atoms with van der Waals surface area (Å²) in [6, 6.07) is 12.4. The molecule has 0 atom stereocenters. The summed E-state index contributed by atoms with van der Waals surface area (Å²) in [5, 5.41) is 1.23. The van der Waals surface area contributed by atoms with Crippen molar-refractivity contribution in [3.05, 3.63) is 58.1 Å². The fraction of sp³-hybridized carbons (Fsp3) is 0.0588. The van der Waals surface area contributed by atoms with Gasteiger partial charge < -0.3 is 9.47 Å². The van der Waals surface area contributed by atoms with Crippen LogP contribution in [-0.2, 0) is 9.59 Å². The number of rotatable bonds is 2. The van der Waals surface area contributed by atoms with E-state index in [-0.39, 0.29) is 12.4 Å². The molecule has 4 rings (SSSR count). The molecular weight excluding hydrogens is 376 g/mol. The van der Waals surface area contributed by atoms with E-state index in [0.29, 0.717) is 22.7 Å². The van der Waals surface area contributed by atoms with Gasteiger partial charge in [0.25, 0.3) is 11.8 Å². The molecule has 2 aromatic carbocycles. The summed E-state index contributed by atoms with van der Waals surface area (Å²) in [6.07, 6.45) is 1.54. The Morgan fingerprint density at radius 2 is 1.92 bits per heavy atom. The predicted octanol–water partition coefficient (Wildman–Crippen LogP) is 2.64. The van der Waals surface area contributed by atoms with Crippen LogP contribution in [0.25, 0.3) is 6.08 Å². The van der Waals surface area contributed by atoms with Crippen molar-refractivity contribution in [2.24, 2.45) is 0 Å². The molecule has 1 N–H and O–H groups in total. The first-order valence-electron chi connectivity index (χ1n) is 7.14. The molecule has 0 radical (unpaired) electrons. The van der Waals surface area contributed by atoms with Crippen LogP contribution in [0, 0.1) is 0 Å². The quantitative estimate of drug-likeness (QED) is 0.636. The van der Waals surface area contributed by atoms with Gasteiger partial charge in [-0.05, 0) is 42.0 Å². The molecule has 2 amide bonds. The van der Waals surface area contributed by atoms with Crippen molar-refractivity contribution in [1.29, 1.82) is 0 Å². The van der Waals surface area contributed by atoms with Gasteiger partial charge in [-0.15, -0.1) is 0 Å². The summed E-state index contributed by atoms with van der Waals surface area (Å²) >= 11 is 3.35. The average molecular weight is 387 g/mol. The van der Waals surface area contributed by atoms with Crippen LogP contribution in [0.1, 0.15) is 5.56 Å². The van der Waals surface area contributed by atoms with E-state index >= 15 is 0 Å². The summed E-state index contributed by atoms with van der Waals surface area (Å²) in [7, 11) is 0. The lowest BCUT2D eigenvalue weighted by Gasteiger charge is -2.14. The Hall–Kier alpha value is -2.80. The lowest BCUT2D eigenvalue weighted by Crippen LogP contribution is -2.35. The standard InChI is InChI=1S/C17H11BrN2O4/c18-11-2-1-3-12(8-11)20-17(22)13(16(21)19-20)6-10-4-5-14-15(7-10)24-9-23-14/h1-8H,9H2,(H,19,21)/b13-6-. The maximum absolute atomic E-state index is 12.6. The van der Waals surface area contributed by atoms with Crippen molar-refractivity contribution in [3.8, 4) is 11.5 Å². The van der Waals surface area contributed by atoms with Crippen LogP contribution in [0.2, 0.25) is 0 Å².